The molecule has 0 saturated carbocycles. The first-order chi connectivity index (χ1) is 10.1. The molecular weight excluding hydrogens is 262 g/mol. The van der Waals surface area contributed by atoms with Crippen molar-refractivity contribution in [1.82, 2.24) is 10.3 Å². The van der Waals surface area contributed by atoms with Gasteiger partial charge in [-0.05, 0) is 43.5 Å². The van der Waals surface area contributed by atoms with Crippen molar-refractivity contribution < 1.29 is 4.74 Å². The van der Waals surface area contributed by atoms with E-state index in [2.05, 4.69) is 50.0 Å². The van der Waals surface area contributed by atoms with Crippen LogP contribution in [0.4, 0.5) is 5.82 Å². The van der Waals surface area contributed by atoms with Gasteiger partial charge in [-0.1, -0.05) is 20.8 Å². The Hall–Kier alpha value is -1.13. The van der Waals surface area contributed by atoms with E-state index in [0.29, 0.717) is 12.0 Å². The van der Waals surface area contributed by atoms with Crippen LogP contribution >= 0.6 is 0 Å². The molecule has 1 atom stereocenters. The van der Waals surface area contributed by atoms with Gasteiger partial charge < -0.3 is 15.0 Å². The lowest BCUT2D eigenvalue weighted by molar-refractivity contribution is 0.0985. The minimum atomic E-state index is 0.398. The zero-order valence-corrected chi connectivity index (χ0v) is 13.9. The van der Waals surface area contributed by atoms with Crippen LogP contribution in [-0.4, -0.2) is 37.3 Å². The molecule has 0 spiro atoms. The first kappa shape index (κ1) is 16.2. The van der Waals surface area contributed by atoms with Gasteiger partial charge in [-0.2, -0.15) is 0 Å². The standard InChI is InChI=1S/C17H29N3O/c1-5-16-8-15(11-18-10-13(2)3)9-17(19-16)20-6-7-21-12-14(20)4/h8-9,13-14,18H,5-7,10-12H2,1-4H3. The Kier molecular flexibility index (Phi) is 6.00. The molecule has 2 rings (SSSR count). The van der Waals surface area contributed by atoms with Gasteiger partial charge in [0.1, 0.15) is 5.82 Å². The largest absolute Gasteiger partial charge is 0.377 e. The van der Waals surface area contributed by atoms with Crippen molar-refractivity contribution in [2.45, 2.75) is 46.7 Å². The van der Waals surface area contributed by atoms with E-state index in [1.807, 2.05) is 0 Å². The van der Waals surface area contributed by atoms with Crippen LogP contribution in [0.25, 0.3) is 0 Å². The van der Waals surface area contributed by atoms with Gasteiger partial charge in [0.25, 0.3) is 0 Å². The van der Waals surface area contributed by atoms with Crippen molar-refractivity contribution in [3.8, 4) is 0 Å². The van der Waals surface area contributed by atoms with E-state index in [0.717, 1.165) is 45.1 Å². The van der Waals surface area contributed by atoms with Crippen LogP contribution in [0.15, 0.2) is 12.1 Å². The van der Waals surface area contributed by atoms with E-state index in [4.69, 9.17) is 9.72 Å². The summed E-state index contributed by atoms with van der Waals surface area (Å²) in [5.74, 6) is 1.78. The average molecular weight is 291 g/mol. The normalized spacial score (nSPS) is 19.3. The Morgan fingerprint density at radius 3 is 2.90 bits per heavy atom. The SMILES string of the molecule is CCc1cc(CNCC(C)C)cc(N2CCOCC2C)n1. The minimum absolute atomic E-state index is 0.398. The van der Waals surface area contributed by atoms with Crippen molar-refractivity contribution in [2.24, 2.45) is 5.92 Å². The highest BCUT2D eigenvalue weighted by atomic mass is 16.5. The van der Waals surface area contributed by atoms with Crippen LogP contribution in [-0.2, 0) is 17.7 Å². The summed E-state index contributed by atoms with van der Waals surface area (Å²) in [5.41, 5.74) is 2.50. The quantitative estimate of drug-likeness (QED) is 0.874. The fourth-order valence-corrected chi connectivity index (χ4v) is 2.64. The molecule has 1 fully saturated rings. The molecule has 0 aromatic carbocycles. The predicted molar refractivity (Wildman–Crippen MR) is 87.8 cm³/mol. The van der Waals surface area contributed by atoms with Crippen LogP contribution in [0, 0.1) is 5.92 Å². The molecule has 1 unspecified atom stereocenters. The number of aryl methyl sites for hydroxylation is 1. The molecule has 0 radical (unpaired) electrons. The molecular formula is C17H29N3O. The van der Waals surface area contributed by atoms with Crippen LogP contribution in [0.5, 0.6) is 0 Å². The lowest BCUT2D eigenvalue weighted by Crippen LogP contribution is -2.44. The predicted octanol–water partition coefficient (Wildman–Crippen LogP) is 2.61. The van der Waals surface area contributed by atoms with E-state index < -0.39 is 0 Å². The van der Waals surface area contributed by atoms with Crippen LogP contribution in [0.1, 0.15) is 39.0 Å². The third-order valence-electron chi connectivity index (χ3n) is 3.83. The fourth-order valence-electron chi connectivity index (χ4n) is 2.64. The summed E-state index contributed by atoms with van der Waals surface area (Å²) >= 11 is 0. The Bertz CT molecular complexity index is 448. The van der Waals surface area contributed by atoms with E-state index in [-0.39, 0.29) is 0 Å². The first-order valence-corrected chi connectivity index (χ1v) is 8.15. The summed E-state index contributed by atoms with van der Waals surface area (Å²) in [5, 5.41) is 3.52. The highest BCUT2D eigenvalue weighted by molar-refractivity contribution is 5.44. The third-order valence-corrected chi connectivity index (χ3v) is 3.83. The smallest absolute Gasteiger partial charge is 0.129 e. The number of nitrogens with one attached hydrogen (secondary N) is 1. The third kappa shape index (κ3) is 4.68. The summed E-state index contributed by atoms with van der Waals surface area (Å²) < 4.78 is 5.53. The van der Waals surface area contributed by atoms with Gasteiger partial charge in [-0.15, -0.1) is 0 Å². The van der Waals surface area contributed by atoms with E-state index in [1.54, 1.807) is 0 Å². The number of hydrogen-bond donors (Lipinski definition) is 1. The molecule has 21 heavy (non-hydrogen) atoms. The zero-order valence-electron chi connectivity index (χ0n) is 13.9. The highest BCUT2D eigenvalue weighted by Gasteiger charge is 2.20. The lowest BCUT2D eigenvalue weighted by Gasteiger charge is -2.34. The maximum Gasteiger partial charge on any atom is 0.129 e. The number of ether oxygens (including phenoxy) is 1. The Labute approximate surface area is 128 Å². The molecule has 1 aliphatic heterocycles. The molecule has 1 saturated heterocycles. The second-order valence-corrected chi connectivity index (χ2v) is 6.32. The molecule has 4 nitrogen and oxygen atoms in total. The second kappa shape index (κ2) is 7.76. The fraction of sp³-hybridized carbons (Fsp3) is 0.706. The van der Waals surface area contributed by atoms with Gasteiger partial charge in [0.05, 0.1) is 19.3 Å². The summed E-state index contributed by atoms with van der Waals surface area (Å²) in [7, 11) is 0. The number of morpholine rings is 1. The Morgan fingerprint density at radius 2 is 2.24 bits per heavy atom. The van der Waals surface area contributed by atoms with Crippen molar-refractivity contribution in [1.29, 1.82) is 0 Å². The van der Waals surface area contributed by atoms with Crippen molar-refractivity contribution in [3.05, 3.63) is 23.4 Å². The van der Waals surface area contributed by atoms with Crippen molar-refractivity contribution in [3.63, 3.8) is 0 Å². The van der Waals surface area contributed by atoms with E-state index in [1.165, 1.54) is 11.3 Å². The maximum atomic E-state index is 5.53. The molecule has 1 aliphatic rings. The molecule has 1 aromatic heterocycles. The molecule has 0 amide bonds. The van der Waals surface area contributed by atoms with E-state index in [9.17, 15) is 0 Å². The average Bonchev–Trinajstić information content (AvgIpc) is 2.47. The van der Waals surface area contributed by atoms with Crippen molar-refractivity contribution in [2.75, 3.05) is 31.2 Å². The van der Waals surface area contributed by atoms with Gasteiger partial charge >= 0.3 is 0 Å². The van der Waals surface area contributed by atoms with Gasteiger partial charge in [0.2, 0.25) is 0 Å². The minimum Gasteiger partial charge on any atom is -0.377 e. The zero-order chi connectivity index (χ0) is 15.2. The number of anilines is 1. The topological polar surface area (TPSA) is 37.4 Å². The number of rotatable bonds is 6. The lowest BCUT2D eigenvalue weighted by atomic mass is 10.1. The van der Waals surface area contributed by atoms with Gasteiger partial charge in [0.15, 0.2) is 0 Å². The van der Waals surface area contributed by atoms with Gasteiger partial charge in [-0.3, -0.25) is 0 Å². The molecule has 118 valence electrons. The molecule has 1 N–H and O–H groups in total. The van der Waals surface area contributed by atoms with Crippen LogP contribution in [0.2, 0.25) is 0 Å². The molecule has 2 heterocycles. The number of hydrogen-bond acceptors (Lipinski definition) is 4. The van der Waals surface area contributed by atoms with Crippen LogP contribution < -0.4 is 10.2 Å². The summed E-state index contributed by atoms with van der Waals surface area (Å²) in [6.45, 7) is 13.3. The van der Waals surface area contributed by atoms with Crippen LogP contribution in [0.3, 0.4) is 0 Å². The maximum absolute atomic E-state index is 5.53. The van der Waals surface area contributed by atoms with Crippen molar-refractivity contribution >= 4 is 5.82 Å². The molecule has 0 aliphatic carbocycles. The van der Waals surface area contributed by atoms with Gasteiger partial charge in [0, 0.05) is 18.8 Å². The number of nitrogens with zero attached hydrogens (tertiary/aromatic N) is 2. The summed E-state index contributed by atoms with van der Waals surface area (Å²) in [6.07, 6.45) is 0.976. The number of pyridine rings is 1. The molecule has 1 aromatic rings. The molecule has 0 bridgehead atoms. The summed E-state index contributed by atoms with van der Waals surface area (Å²) in [4.78, 5) is 7.18. The first-order valence-electron chi connectivity index (χ1n) is 8.15. The Morgan fingerprint density at radius 1 is 1.43 bits per heavy atom. The molecule has 4 heteroatoms. The Balaban J connectivity index is 2.12. The monoisotopic (exact) mass is 291 g/mol. The van der Waals surface area contributed by atoms with Gasteiger partial charge in [-0.25, -0.2) is 4.98 Å². The second-order valence-electron chi connectivity index (χ2n) is 6.32. The highest BCUT2D eigenvalue weighted by Crippen LogP contribution is 2.20. The number of aromatic nitrogens is 1. The van der Waals surface area contributed by atoms with E-state index >= 15 is 0 Å². The summed E-state index contributed by atoms with van der Waals surface area (Å²) in [6, 6.07) is 4.85.